The van der Waals surface area contributed by atoms with Crippen LogP contribution in [0.25, 0.3) is 0 Å². The van der Waals surface area contributed by atoms with Gasteiger partial charge in [-0.2, -0.15) is 0 Å². The summed E-state index contributed by atoms with van der Waals surface area (Å²) in [6.45, 7) is 0.815. The van der Waals surface area contributed by atoms with E-state index in [1.807, 2.05) is 36.4 Å². The van der Waals surface area contributed by atoms with Crippen LogP contribution in [0.1, 0.15) is 56.9 Å². The molecule has 3 fully saturated rings. The van der Waals surface area contributed by atoms with Gasteiger partial charge in [0.15, 0.2) is 0 Å². The predicted molar refractivity (Wildman–Crippen MR) is 147 cm³/mol. The van der Waals surface area contributed by atoms with E-state index in [2.05, 4.69) is 10.0 Å². The van der Waals surface area contributed by atoms with Gasteiger partial charge < -0.3 is 25.0 Å². The highest BCUT2D eigenvalue weighted by atomic mass is 32.2. The number of aliphatic hydroxyl groups excluding tert-OH is 1. The molecule has 2 heterocycles. The molecule has 4 aliphatic rings. The van der Waals surface area contributed by atoms with Crippen molar-refractivity contribution in [3.8, 4) is 5.75 Å². The minimum atomic E-state index is -3.80. The number of allylic oxidation sites excluding steroid dienone is 1. The SMILES string of the molecule is COc1ccc(CN2CCCCCC=C[C@@H]3C[C@@]3(C(=O)NS(=O)(=O)C3CC3)NC(=O)[C@@H]3C[C@@H](O)CN3C2=O)cc1. The summed E-state index contributed by atoms with van der Waals surface area (Å²) in [5.74, 6) is -0.956. The summed E-state index contributed by atoms with van der Waals surface area (Å²) in [6.07, 6.45) is 7.62. The Kier molecular flexibility index (Phi) is 8.10. The summed E-state index contributed by atoms with van der Waals surface area (Å²) in [4.78, 5) is 43.8. The zero-order chi connectivity index (χ0) is 28.5. The van der Waals surface area contributed by atoms with Gasteiger partial charge in [0.1, 0.15) is 17.3 Å². The maximum absolute atomic E-state index is 13.8. The Morgan fingerprint density at radius 3 is 2.62 bits per heavy atom. The molecule has 0 unspecified atom stereocenters. The number of sulfonamides is 1. The van der Waals surface area contributed by atoms with E-state index < -0.39 is 44.8 Å². The Balaban J connectivity index is 1.38. The van der Waals surface area contributed by atoms with Gasteiger partial charge in [0, 0.05) is 32.0 Å². The van der Waals surface area contributed by atoms with Crippen molar-refractivity contribution in [1.29, 1.82) is 0 Å². The third-order valence-electron chi connectivity index (χ3n) is 8.26. The van der Waals surface area contributed by atoms with E-state index in [4.69, 9.17) is 4.74 Å². The Morgan fingerprint density at radius 1 is 1.18 bits per heavy atom. The van der Waals surface area contributed by atoms with Crippen LogP contribution < -0.4 is 14.8 Å². The number of benzene rings is 1. The molecule has 40 heavy (non-hydrogen) atoms. The molecule has 4 amide bonds. The van der Waals surface area contributed by atoms with Crippen molar-refractivity contribution in [3.05, 3.63) is 42.0 Å². The highest BCUT2D eigenvalue weighted by Crippen LogP contribution is 2.46. The molecule has 0 radical (unpaired) electrons. The number of hydrogen-bond donors (Lipinski definition) is 3. The number of carbonyl (C=O) groups is 3. The zero-order valence-corrected chi connectivity index (χ0v) is 23.6. The number of fused-ring (bicyclic) bond motifs is 2. The van der Waals surface area contributed by atoms with Crippen molar-refractivity contribution >= 4 is 27.9 Å². The third-order valence-corrected chi connectivity index (χ3v) is 10.1. The maximum Gasteiger partial charge on any atom is 0.321 e. The standard InChI is InChI=1S/C28H38N4O7S/c1-39-22-10-8-19(9-11-22)17-31-14-6-4-2-3-5-7-20-16-28(20,26(35)30-40(37,38)23-12-13-23)29-25(34)24-15-21(33)18-32(24)27(31)36/h5,7-11,20-21,23-24,33H,2-4,6,12-18H2,1H3,(H,29,34)(H,30,35)/t20-,21-,24+,28-/m1/s1. The van der Waals surface area contributed by atoms with Gasteiger partial charge in [-0.25, -0.2) is 13.2 Å². The van der Waals surface area contributed by atoms with Gasteiger partial charge in [-0.3, -0.25) is 14.3 Å². The van der Waals surface area contributed by atoms with E-state index in [1.165, 1.54) is 4.90 Å². The molecule has 1 saturated heterocycles. The molecule has 2 aliphatic heterocycles. The number of nitrogens with zero attached hydrogens (tertiary/aromatic N) is 2. The summed E-state index contributed by atoms with van der Waals surface area (Å²) in [5.41, 5.74) is -0.495. The van der Waals surface area contributed by atoms with Crippen LogP contribution in [0.15, 0.2) is 36.4 Å². The first-order chi connectivity index (χ1) is 19.1. The Bertz CT molecular complexity index is 1260. The number of urea groups is 1. The van der Waals surface area contributed by atoms with Gasteiger partial charge >= 0.3 is 6.03 Å². The second-order valence-electron chi connectivity index (χ2n) is 11.3. The third kappa shape index (κ3) is 6.12. The molecule has 11 nitrogen and oxygen atoms in total. The number of carbonyl (C=O) groups excluding carboxylic acids is 3. The van der Waals surface area contributed by atoms with Crippen molar-refractivity contribution in [3.63, 3.8) is 0 Å². The molecular formula is C28H38N4O7S. The summed E-state index contributed by atoms with van der Waals surface area (Å²) >= 11 is 0. The fraction of sp³-hybridized carbons (Fsp3) is 0.607. The van der Waals surface area contributed by atoms with Gasteiger partial charge in [0.05, 0.1) is 18.5 Å². The van der Waals surface area contributed by atoms with E-state index in [-0.39, 0.29) is 31.3 Å². The van der Waals surface area contributed by atoms with Gasteiger partial charge in [0.2, 0.25) is 15.9 Å². The molecule has 12 heteroatoms. The molecule has 1 aromatic rings. The van der Waals surface area contributed by atoms with Gasteiger partial charge in [0.25, 0.3) is 5.91 Å². The smallest absolute Gasteiger partial charge is 0.321 e. The first-order valence-corrected chi connectivity index (χ1v) is 15.6. The summed E-state index contributed by atoms with van der Waals surface area (Å²) in [7, 11) is -2.21. The number of hydrogen-bond acceptors (Lipinski definition) is 7. The van der Waals surface area contributed by atoms with Gasteiger partial charge in [-0.05, 0) is 56.2 Å². The molecule has 0 bridgehead atoms. The van der Waals surface area contributed by atoms with E-state index in [0.717, 1.165) is 31.2 Å². The normalized spacial score (nSPS) is 29.5. The van der Waals surface area contributed by atoms with Crippen molar-refractivity contribution in [2.24, 2.45) is 5.92 Å². The minimum Gasteiger partial charge on any atom is -0.497 e. The molecule has 2 aliphatic carbocycles. The second kappa shape index (κ2) is 11.4. The maximum atomic E-state index is 13.8. The second-order valence-corrected chi connectivity index (χ2v) is 13.3. The molecule has 218 valence electrons. The first-order valence-electron chi connectivity index (χ1n) is 14.0. The van der Waals surface area contributed by atoms with Crippen molar-refractivity contribution in [2.45, 2.75) is 80.8 Å². The van der Waals surface area contributed by atoms with Crippen LogP contribution in [-0.2, 0) is 26.2 Å². The molecule has 4 atom stereocenters. The van der Waals surface area contributed by atoms with Crippen LogP contribution in [0.2, 0.25) is 0 Å². The Hall–Kier alpha value is -3.12. The molecule has 5 rings (SSSR count). The lowest BCUT2D eigenvalue weighted by Crippen LogP contribution is -2.57. The van der Waals surface area contributed by atoms with Crippen LogP contribution in [0.3, 0.4) is 0 Å². The topological polar surface area (TPSA) is 145 Å². The lowest BCUT2D eigenvalue weighted by atomic mass is 10.1. The molecule has 3 N–H and O–H groups in total. The van der Waals surface area contributed by atoms with E-state index in [1.54, 1.807) is 12.0 Å². The predicted octanol–water partition coefficient (Wildman–Crippen LogP) is 1.67. The Morgan fingerprint density at radius 2 is 1.93 bits per heavy atom. The highest BCUT2D eigenvalue weighted by molar-refractivity contribution is 7.91. The van der Waals surface area contributed by atoms with E-state index in [0.29, 0.717) is 31.7 Å². The van der Waals surface area contributed by atoms with Crippen LogP contribution in [0, 0.1) is 5.92 Å². The summed E-state index contributed by atoms with van der Waals surface area (Å²) in [6, 6.07) is 6.09. The number of methoxy groups -OCH3 is 1. The largest absolute Gasteiger partial charge is 0.497 e. The first kappa shape index (κ1) is 28.4. The van der Waals surface area contributed by atoms with Crippen molar-refractivity contribution in [1.82, 2.24) is 19.8 Å². The van der Waals surface area contributed by atoms with E-state index in [9.17, 15) is 27.9 Å². The zero-order valence-electron chi connectivity index (χ0n) is 22.8. The lowest BCUT2D eigenvalue weighted by Gasteiger charge is -2.32. The number of aliphatic hydroxyl groups is 1. The average molecular weight is 575 g/mol. The molecule has 0 aromatic heterocycles. The molecular weight excluding hydrogens is 536 g/mol. The van der Waals surface area contributed by atoms with Crippen LogP contribution >= 0.6 is 0 Å². The van der Waals surface area contributed by atoms with E-state index >= 15 is 0 Å². The summed E-state index contributed by atoms with van der Waals surface area (Å²) < 4.78 is 32.5. The number of ether oxygens (including phenoxy) is 1. The monoisotopic (exact) mass is 574 g/mol. The summed E-state index contributed by atoms with van der Waals surface area (Å²) in [5, 5.41) is 12.7. The number of nitrogens with one attached hydrogen (secondary N) is 2. The Labute approximate surface area is 235 Å². The minimum absolute atomic E-state index is 0.00534. The van der Waals surface area contributed by atoms with Gasteiger partial charge in [-0.15, -0.1) is 0 Å². The highest BCUT2D eigenvalue weighted by Gasteiger charge is 2.62. The van der Waals surface area contributed by atoms with Crippen molar-refractivity contribution in [2.75, 3.05) is 20.2 Å². The van der Waals surface area contributed by atoms with Gasteiger partial charge in [-0.1, -0.05) is 30.7 Å². The lowest BCUT2D eigenvalue weighted by molar-refractivity contribution is -0.131. The van der Waals surface area contributed by atoms with Crippen molar-refractivity contribution < 1.29 is 32.6 Å². The molecule has 2 saturated carbocycles. The number of amides is 4. The molecule has 1 aromatic carbocycles. The average Bonchev–Trinajstić information content (AvgIpc) is 3.84. The van der Waals surface area contributed by atoms with Crippen LogP contribution in [0.5, 0.6) is 5.75 Å². The van der Waals surface area contributed by atoms with Crippen LogP contribution in [-0.4, -0.2) is 84.3 Å². The quantitative estimate of drug-likeness (QED) is 0.438. The fourth-order valence-corrected chi connectivity index (χ4v) is 6.98. The fourth-order valence-electron chi connectivity index (χ4n) is 5.62. The molecule has 0 spiro atoms. The van der Waals surface area contributed by atoms with Crippen LogP contribution in [0.4, 0.5) is 4.79 Å². The number of rotatable bonds is 6.